The average molecular weight is 274 g/mol. The summed E-state index contributed by atoms with van der Waals surface area (Å²) >= 11 is 0. The van der Waals surface area contributed by atoms with Crippen molar-refractivity contribution < 1.29 is 23.1 Å². The standard InChI is InChI=1S/C12H13F3N2O2/c13-8-4-7(9(14)11(18)10(8)15)12(19)17-3-1-2-6(16)5-17/h4,6,18H,1-3,5,16H2/t6-/m1/s1. The van der Waals surface area contributed by atoms with Crippen molar-refractivity contribution in [3.63, 3.8) is 0 Å². The number of likely N-dealkylation sites (tertiary alicyclic amines) is 1. The lowest BCUT2D eigenvalue weighted by molar-refractivity contribution is 0.0702. The molecule has 104 valence electrons. The third-order valence-electron chi connectivity index (χ3n) is 3.11. The minimum atomic E-state index is -1.70. The number of carbonyl (C=O) groups is 1. The Balaban J connectivity index is 2.34. The van der Waals surface area contributed by atoms with Crippen LogP contribution in [-0.4, -0.2) is 35.0 Å². The van der Waals surface area contributed by atoms with Crippen LogP contribution < -0.4 is 5.73 Å². The number of nitrogens with zero attached hydrogens (tertiary/aromatic N) is 1. The summed E-state index contributed by atoms with van der Waals surface area (Å²) in [6.45, 7) is 0.587. The molecule has 1 aromatic carbocycles. The number of aromatic hydroxyl groups is 1. The molecule has 0 radical (unpaired) electrons. The van der Waals surface area contributed by atoms with Crippen molar-refractivity contribution in [1.82, 2.24) is 4.90 Å². The van der Waals surface area contributed by atoms with E-state index in [1.54, 1.807) is 0 Å². The first-order chi connectivity index (χ1) is 8.91. The molecule has 1 fully saturated rings. The maximum absolute atomic E-state index is 13.6. The van der Waals surface area contributed by atoms with E-state index in [-0.39, 0.29) is 12.6 Å². The Hall–Kier alpha value is -1.76. The zero-order valence-corrected chi connectivity index (χ0v) is 10.00. The lowest BCUT2D eigenvalue weighted by Gasteiger charge is -2.30. The Bertz CT molecular complexity index is 522. The van der Waals surface area contributed by atoms with Crippen LogP contribution in [0, 0.1) is 17.5 Å². The molecule has 0 unspecified atom stereocenters. The van der Waals surface area contributed by atoms with E-state index >= 15 is 0 Å². The summed E-state index contributed by atoms with van der Waals surface area (Å²) in [6, 6.07) is 0.229. The monoisotopic (exact) mass is 274 g/mol. The molecule has 1 saturated heterocycles. The average Bonchev–Trinajstić information content (AvgIpc) is 2.40. The number of rotatable bonds is 1. The van der Waals surface area contributed by atoms with Gasteiger partial charge in [0.25, 0.3) is 5.91 Å². The van der Waals surface area contributed by atoms with Gasteiger partial charge in [-0.2, -0.15) is 4.39 Å². The molecule has 1 heterocycles. The fourth-order valence-electron chi connectivity index (χ4n) is 2.11. The van der Waals surface area contributed by atoms with Gasteiger partial charge in [0.2, 0.25) is 5.82 Å². The number of carbonyl (C=O) groups excluding carboxylic acids is 1. The van der Waals surface area contributed by atoms with Crippen molar-refractivity contribution in [1.29, 1.82) is 0 Å². The number of phenolic OH excluding ortho intramolecular Hbond substituents is 1. The summed E-state index contributed by atoms with van der Waals surface area (Å²) in [5.41, 5.74) is 5.00. The molecule has 0 aromatic heterocycles. The second-order valence-corrected chi connectivity index (χ2v) is 4.54. The highest BCUT2D eigenvalue weighted by Crippen LogP contribution is 2.27. The Morgan fingerprint density at radius 3 is 2.68 bits per heavy atom. The molecule has 1 aliphatic rings. The molecule has 0 saturated carbocycles. The summed E-state index contributed by atoms with van der Waals surface area (Å²) < 4.78 is 39.7. The van der Waals surface area contributed by atoms with Crippen LogP contribution in [0.4, 0.5) is 13.2 Å². The highest BCUT2D eigenvalue weighted by atomic mass is 19.2. The van der Waals surface area contributed by atoms with Crippen molar-refractivity contribution in [2.75, 3.05) is 13.1 Å². The number of nitrogens with two attached hydrogens (primary N) is 1. The van der Waals surface area contributed by atoms with Crippen LogP contribution in [0.2, 0.25) is 0 Å². The lowest BCUT2D eigenvalue weighted by Crippen LogP contribution is -2.46. The number of hydrogen-bond acceptors (Lipinski definition) is 3. The normalized spacial score (nSPS) is 19.6. The van der Waals surface area contributed by atoms with Crippen molar-refractivity contribution in [2.24, 2.45) is 5.73 Å². The minimum Gasteiger partial charge on any atom is -0.503 e. The number of benzene rings is 1. The second-order valence-electron chi connectivity index (χ2n) is 4.54. The molecule has 1 amide bonds. The molecule has 0 spiro atoms. The topological polar surface area (TPSA) is 66.6 Å². The number of amides is 1. The van der Waals surface area contributed by atoms with E-state index in [9.17, 15) is 18.0 Å². The van der Waals surface area contributed by atoms with E-state index in [0.29, 0.717) is 19.0 Å². The highest BCUT2D eigenvalue weighted by molar-refractivity contribution is 5.95. The van der Waals surface area contributed by atoms with Gasteiger partial charge in [-0.15, -0.1) is 0 Å². The van der Waals surface area contributed by atoms with Crippen molar-refractivity contribution in [2.45, 2.75) is 18.9 Å². The molecule has 7 heteroatoms. The van der Waals surface area contributed by atoms with Gasteiger partial charge in [0.1, 0.15) is 0 Å². The number of halogens is 3. The molecule has 0 aliphatic carbocycles. The van der Waals surface area contributed by atoms with Gasteiger partial charge in [-0.25, -0.2) is 8.78 Å². The zero-order valence-electron chi connectivity index (χ0n) is 10.00. The first-order valence-electron chi connectivity index (χ1n) is 5.83. The second kappa shape index (κ2) is 5.08. The fraction of sp³-hybridized carbons (Fsp3) is 0.417. The molecule has 3 N–H and O–H groups in total. The Labute approximate surface area is 107 Å². The third-order valence-corrected chi connectivity index (χ3v) is 3.11. The number of piperidine rings is 1. The maximum atomic E-state index is 13.6. The van der Waals surface area contributed by atoms with E-state index in [1.807, 2.05) is 0 Å². The van der Waals surface area contributed by atoms with Gasteiger partial charge >= 0.3 is 0 Å². The maximum Gasteiger partial charge on any atom is 0.257 e. The Morgan fingerprint density at radius 1 is 1.37 bits per heavy atom. The van der Waals surface area contributed by atoms with Crippen LogP contribution in [0.5, 0.6) is 5.75 Å². The molecule has 0 bridgehead atoms. The molecular weight excluding hydrogens is 261 g/mol. The summed E-state index contributed by atoms with van der Waals surface area (Å²) in [5, 5.41) is 9.08. The lowest BCUT2D eigenvalue weighted by atomic mass is 10.0. The zero-order chi connectivity index (χ0) is 14.2. The largest absolute Gasteiger partial charge is 0.503 e. The molecule has 19 heavy (non-hydrogen) atoms. The fourth-order valence-corrected chi connectivity index (χ4v) is 2.11. The van der Waals surface area contributed by atoms with Gasteiger partial charge in [-0.3, -0.25) is 4.79 Å². The van der Waals surface area contributed by atoms with Crippen LogP contribution >= 0.6 is 0 Å². The van der Waals surface area contributed by atoms with Crippen molar-refractivity contribution in [3.05, 3.63) is 29.1 Å². The Morgan fingerprint density at radius 2 is 2.05 bits per heavy atom. The van der Waals surface area contributed by atoms with E-state index in [4.69, 9.17) is 10.8 Å². The highest BCUT2D eigenvalue weighted by Gasteiger charge is 2.28. The minimum absolute atomic E-state index is 0.220. The first-order valence-corrected chi connectivity index (χ1v) is 5.83. The van der Waals surface area contributed by atoms with Gasteiger partial charge in [0.15, 0.2) is 17.4 Å². The van der Waals surface area contributed by atoms with Crippen LogP contribution in [-0.2, 0) is 0 Å². The molecule has 1 aromatic rings. The van der Waals surface area contributed by atoms with Gasteiger partial charge < -0.3 is 15.7 Å². The smallest absolute Gasteiger partial charge is 0.257 e. The van der Waals surface area contributed by atoms with Gasteiger partial charge in [-0.05, 0) is 18.9 Å². The van der Waals surface area contributed by atoms with Gasteiger partial charge in [-0.1, -0.05) is 0 Å². The SMILES string of the molecule is N[C@@H]1CCCN(C(=O)c2cc(F)c(F)c(O)c2F)C1. The predicted octanol–water partition coefficient (Wildman–Crippen LogP) is 1.37. The molecular formula is C12H13F3N2O2. The van der Waals surface area contributed by atoms with E-state index in [0.717, 1.165) is 6.42 Å². The number of phenols is 1. The predicted molar refractivity (Wildman–Crippen MR) is 61.1 cm³/mol. The van der Waals surface area contributed by atoms with E-state index < -0.39 is 34.7 Å². The van der Waals surface area contributed by atoms with Crippen molar-refractivity contribution >= 4 is 5.91 Å². The summed E-state index contributed by atoms with van der Waals surface area (Å²) in [7, 11) is 0. The third kappa shape index (κ3) is 2.51. The van der Waals surface area contributed by atoms with Crippen LogP contribution in [0.25, 0.3) is 0 Å². The quantitative estimate of drug-likeness (QED) is 0.760. The summed E-state index contributed by atoms with van der Waals surface area (Å²) in [6.07, 6.45) is 1.40. The summed E-state index contributed by atoms with van der Waals surface area (Å²) in [5.74, 6) is -6.91. The van der Waals surface area contributed by atoms with Gasteiger partial charge in [0.05, 0.1) is 5.56 Å². The van der Waals surface area contributed by atoms with E-state index in [1.165, 1.54) is 4.90 Å². The van der Waals surface area contributed by atoms with Crippen LogP contribution in [0.3, 0.4) is 0 Å². The van der Waals surface area contributed by atoms with Crippen molar-refractivity contribution in [3.8, 4) is 5.75 Å². The van der Waals surface area contributed by atoms with Crippen LogP contribution in [0.15, 0.2) is 6.07 Å². The van der Waals surface area contributed by atoms with E-state index in [2.05, 4.69) is 0 Å². The summed E-state index contributed by atoms with van der Waals surface area (Å²) in [4.78, 5) is 13.3. The molecule has 1 atom stereocenters. The number of hydrogen-bond donors (Lipinski definition) is 2. The van der Waals surface area contributed by atoms with Gasteiger partial charge in [0, 0.05) is 19.1 Å². The molecule has 2 rings (SSSR count). The van der Waals surface area contributed by atoms with Crippen LogP contribution in [0.1, 0.15) is 23.2 Å². The molecule has 1 aliphatic heterocycles. The Kier molecular flexibility index (Phi) is 3.66. The first kappa shape index (κ1) is 13.7. The molecule has 4 nitrogen and oxygen atoms in total.